The second-order valence-electron chi connectivity index (χ2n) is 8.54. The van der Waals surface area contributed by atoms with E-state index in [4.69, 9.17) is 14.2 Å². The summed E-state index contributed by atoms with van der Waals surface area (Å²) in [5, 5.41) is 0. The summed E-state index contributed by atoms with van der Waals surface area (Å²) in [5.41, 5.74) is -0.560. The van der Waals surface area contributed by atoms with Crippen LogP contribution in [0.5, 0.6) is 11.5 Å². The highest BCUT2D eigenvalue weighted by molar-refractivity contribution is 6.02. The largest absolute Gasteiger partial charge is 0.497 e. The summed E-state index contributed by atoms with van der Waals surface area (Å²) in [6, 6.07) is 4.99. The summed E-state index contributed by atoms with van der Waals surface area (Å²) in [4.78, 5) is 43.6. The summed E-state index contributed by atoms with van der Waals surface area (Å²) in [7, 11) is 1.57. The Bertz CT molecular complexity index is 902. The normalized spacial score (nSPS) is 29.1. The van der Waals surface area contributed by atoms with Gasteiger partial charge in [0, 0.05) is 18.0 Å². The van der Waals surface area contributed by atoms with Crippen molar-refractivity contribution in [3.63, 3.8) is 0 Å². The molecule has 4 rings (SSSR count). The first-order valence-electron chi connectivity index (χ1n) is 11.0. The van der Waals surface area contributed by atoms with Crippen LogP contribution in [-0.2, 0) is 19.1 Å². The third kappa shape index (κ3) is 3.15. The van der Waals surface area contributed by atoms with E-state index in [-0.39, 0.29) is 37.5 Å². The van der Waals surface area contributed by atoms with E-state index in [2.05, 4.69) is 0 Å². The Balaban J connectivity index is 1.84. The molecule has 0 aliphatic carbocycles. The number of amides is 2. The summed E-state index contributed by atoms with van der Waals surface area (Å²) in [5.74, 6) is -0.739. The second kappa shape index (κ2) is 8.05. The van der Waals surface area contributed by atoms with Crippen LogP contribution < -0.4 is 9.47 Å². The van der Waals surface area contributed by atoms with Gasteiger partial charge in [-0.3, -0.25) is 14.4 Å². The minimum Gasteiger partial charge on any atom is -0.497 e. The molecule has 3 aliphatic rings. The molecule has 0 N–H and O–H groups in total. The maximum atomic E-state index is 13.7. The minimum atomic E-state index is -1.32. The van der Waals surface area contributed by atoms with E-state index in [1.807, 2.05) is 19.1 Å². The van der Waals surface area contributed by atoms with Crippen LogP contribution in [0.3, 0.4) is 0 Å². The van der Waals surface area contributed by atoms with Gasteiger partial charge in [0.05, 0.1) is 38.8 Å². The molecule has 2 saturated heterocycles. The number of hydrogen-bond donors (Lipinski definition) is 0. The Morgan fingerprint density at radius 3 is 2.74 bits per heavy atom. The number of unbranched alkanes of at least 4 members (excludes halogenated alkanes) is 1. The van der Waals surface area contributed by atoms with Gasteiger partial charge in [-0.1, -0.05) is 13.3 Å². The van der Waals surface area contributed by atoms with Crippen molar-refractivity contribution in [2.24, 2.45) is 11.8 Å². The Morgan fingerprint density at radius 2 is 2.06 bits per heavy atom. The molecular formula is C23H30N2O6. The molecule has 31 heavy (non-hydrogen) atoms. The highest BCUT2D eigenvalue weighted by Gasteiger charge is 2.69. The molecule has 3 heterocycles. The summed E-state index contributed by atoms with van der Waals surface area (Å²) >= 11 is 0. The average molecular weight is 431 g/mol. The van der Waals surface area contributed by atoms with Crippen molar-refractivity contribution in [1.29, 1.82) is 0 Å². The number of nitrogens with zero attached hydrogens (tertiary/aromatic N) is 2. The molecule has 2 fully saturated rings. The van der Waals surface area contributed by atoms with Crippen molar-refractivity contribution in [2.45, 2.75) is 45.2 Å². The maximum absolute atomic E-state index is 13.7. The standard InChI is InChI=1S/C23H30N2O6/c1-5-7-10-24-12-18(26)25-20-15-11-14(29-4)8-9-17(15)31-13-16(20)19(21(27)30-6-2)23(25,3)22(24)28/h8-9,11,16,19-20H,5-7,10,12-13H2,1-4H3/t16?,19?,20?,23-/m1/s1. The lowest BCUT2D eigenvalue weighted by atomic mass is 9.77. The smallest absolute Gasteiger partial charge is 0.312 e. The lowest BCUT2D eigenvalue weighted by Crippen LogP contribution is -2.67. The van der Waals surface area contributed by atoms with Crippen LogP contribution in [0.15, 0.2) is 18.2 Å². The zero-order valence-electron chi connectivity index (χ0n) is 18.6. The Labute approximate surface area is 182 Å². The number of benzene rings is 1. The van der Waals surface area contributed by atoms with Gasteiger partial charge < -0.3 is 24.0 Å². The van der Waals surface area contributed by atoms with Crippen molar-refractivity contribution >= 4 is 17.8 Å². The Hall–Kier alpha value is -2.77. The van der Waals surface area contributed by atoms with Crippen molar-refractivity contribution in [2.75, 3.05) is 33.4 Å². The molecule has 3 unspecified atom stereocenters. The van der Waals surface area contributed by atoms with Crippen LogP contribution in [0.25, 0.3) is 0 Å². The number of hydrogen-bond acceptors (Lipinski definition) is 6. The van der Waals surface area contributed by atoms with Crippen molar-refractivity contribution in [3.8, 4) is 11.5 Å². The molecule has 3 aliphatic heterocycles. The van der Waals surface area contributed by atoms with Gasteiger partial charge >= 0.3 is 5.97 Å². The summed E-state index contributed by atoms with van der Waals surface area (Å²) in [6.07, 6.45) is 1.71. The van der Waals surface area contributed by atoms with Crippen LogP contribution >= 0.6 is 0 Å². The van der Waals surface area contributed by atoms with Crippen molar-refractivity contribution in [3.05, 3.63) is 23.8 Å². The molecule has 4 atom stereocenters. The molecule has 0 bridgehead atoms. The zero-order chi connectivity index (χ0) is 22.3. The molecule has 0 radical (unpaired) electrons. The first kappa shape index (κ1) is 21.5. The number of carbonyl (C=O) groups is 3. The van der Waals surface area contributed by atoms with Crippen LogP contribution in [0.4, 0.5) is 0 Å². The van der Waals surface area contributed by atoms with Crippen LogP contribution in [0.2, 0.25) is 0 Å². The van der Waals surface area contributed by atoms with Gasteiger partial charge in [-0.2, -0.15) is 0 Å². The molecule has 2 amide bonds. The number of ether oxygens (including phenoxy) is 3. The lowest BCUT2D eigenvalue weighted by molar-refractivity contribution is -0.170. The monoisotopic (exact) mass is 430 g/mol. The molecule has 0 saturated carbocycles. The number of methoxy groups -OCH3 is 1. The Morgan fingerprint density at radius 1 is 1.29 bits per heavy atom. The van der Waals surface area contributed by atoms with Gasteiger partial charge in [0.2, 0.25) is 11.8 Å². The van der Waals surface area contributed by atoms with Crippen LogP contribution in [0.1, 0.15) is 45.2 Å². The molecule has 8 heteroatoms. The van der Waals surface area contributed by atoms with E-state index in [1.54, 1.807) is 36.8 Å². The molecule has 0 spiro atoms. The zero-order valence-corrected chi connectivity index (χ0v) is 18.6. The summed E-state index contributed by atoms with van der Waals surface area (Å²) < 4.78 is 16.8. The molecule has 1 aromatic rings. The number of carbonyl (C=O) groups excluding carboxylic acids is 3. The molecular weight excluding hydrogens is 400 g/mol. The fourth-order valence-electron chi connectivity index (χ4n) is 5.44. The second-order valence-corrected chi connectivity index (χ2v) is 8.54. The van der Waals surface area contributed by atoms with Crippen LogP contribution in [-0.4, -0.2) is 66.5 Å². The van der Waals surface area contributed by atoms with Gasteiger partial charge in [-0.05, 0) is 38.5 Å². The van der Waals surface area contributed by atoms with E-state index in [0.29, 0.717) is 18.0 Å². The number of fused-ring (bicyclic) bond motifs is 5. The maximum Gasteiger partial charge on any atom is 0.312 e. The van der Waals surface area contributed by atoms with E-state index < -0.39 is 23.5 Å². The van der Waals surface area contributed by atoms with E-state index in [0.717, 1.165) is 18.4 Å². The predicted octanol–water partition coefficient (Wildman–Crippen LogP) is 2.17. The number of esters is 1. The van der Waals surface area contributed by atoms with Gasteiger partial charge in [0.1, 0.15) is 17.0 Å². The number of piperazine rings is 1. The lowest BCUT2D eigenvalue weighted by Gasteiger charge is -2.47. The predicted molar refractivity (Wildman–Crippen MR) is 112 cm³/mol. The van der Waals surface area contributed by atoms with E-state index in [9.17, 15) is 14.4 Å². The molecule has 0 aromatic heterocycles. The Kier molecular flexibility index (Phi) is 5.58. The molecule has 168 valence electrons. The van der Waals surface area contributed by atoms with E-state index in [1.165, 1.54) is 0 Å². The topological polar surface area (TPSA) is 85.4 Å². The summed E-state index contributed by atoms with van der Waals surface area (Å²) in [6.45, 7) is 6.44. The first-order chi connectivity index (χ1) is 14.9. The van der Waals surface area contributed by atoms with Gasteiger partial charge in [-0.15, -0.1) is 0 Å². The quantitative estimate of drug-likeness (QED) is 0.643. The fraction of sp³-hybridized carbons (Fsp3) is 0.609. The number of rotatable bonds is 6. The first-order valence-corrected chi connectivity index (χ1v) is 11.0. The van der Waals surface area contributed by atoms with Gasteiger partial charge in [0.15, 0.2) is 0 Å². The third-order valence-corrected chi connectivity index (χ3v) is 6.82. The molecule has 1 aromatic carbocycles. The minimum absolute atomic E-state index is 0.0212. The van der Waals surface area contributed by atoms with E-state index >= 15 is 0 Å². The van der Waals surface area contributed by atoms with Crippen LogP contribution in [0, 0.1) is 11.8 Å². The average Bonchev–Trinajstić information content (AvgIpc) is 3.05. The van der Waals surface area contributed by atoms with Gasteiger partial charge in [-0.25, -0.2) is 0 Å². The highest BCUT2D eigenvalue weighted by atomic mass is 16.5. The van der Waals surface area contributed by atoms with Crippen molar-refractivity contribution in [1.82, 2.24) is 9.80 Å². The fourth-order valence-corrected chi connectivity index (χ4v) is 5.44. The highest BCUT2D eigenvalue weighted by Crippen LogP contribution is 2.57. The molecule has 8 nitrogen and oxygen atoms in total. The van der Waals surface area contributed by atoms with Gasteiger partial charge in [0.25, 0.3) is 0 Å². The SMILES string of the molecule is CCCCN1CC(=O)N2C3c4cc(OC)ccc4OCC3C(C(=O)OCC)[C@]2(C)C1=O. The third-order valence-electron chi connectivity index (χ3n) is 6.82. The van der Waals surface area contributed by atoms with Crippen molar-refractivity contribution < 1.29 is 28.6 Å².